The average Bonchev–Trinajstić information content (AvgIpc) is 1.66. The molecule has 0 radical (unpaired) electrons. The number of nitrogens with one attached hydrogen (secondary N) is 2. The van der Waals surface area contributed by atoms with Crippen LogP contribution in [0.15, 0.2) is 72.9 Å². The van der Waals surface area contributed by atoms with Crippen molar-refractivity contribution in [3.63, 3.8) is 0 Å². The Hall–Kier alpha value is -13.1. The molecule has 0 saturated carbocycles. The second-order valence-electron chi connectivity index (χ2n) is 26.1. The van der Waals surface area contributed by atoms with Gasteiger partial charge in [0.15, 0.2) is 34.5 Å². The van der Waals surface area contributed by atoms with Crippen molar-refractivity contribution >= 4 is 155 Å². The van der Waals surface area contributed by atoms with Crippen LogP contribution >= 0.6 is 0 Å². The van der Waals surface area contributed by atoms with Crippen LogP contribution in [0.1, 0.15) is 120 Å². The number of rotatable bonds is 37. The van der Waals surface area contributed by atoms with Gasteiger partial charge in [0.2, 0.25) is 23.6 Å². The van der Waals surface area contributed by atoms with E-state index in [-0.39, 0.29) is 281 Å². The summed E-state index contributed by atoms with van der Waals surface area (Å²) >= 11 is 0. The largest absolute Gasteiger partial charge is 1.00 e. The Bertz CT molecular complexity index is 5360. The maximum Gasteiger partial charge on any atom is 1.00 e. The molecular weight excluding hydrogens is 1960 g/mol. The molecule has 6 aliphatic rings. The summed E-state index contributed by atoms with van der Waals surface area (Å²) in [5, 5.41) is 72.2. The zero-order chi connectivity index (χ0) is 103. The number of carbonyl (C=O) groups excluding carboxylic acids is 16. The third kappa shape index (κ3) is 43.9. The number of ether oxygens (including phenoxy) is 7. The molecule has 0 aliphatic carbocycles. The zero-order valence-electron chi connectivity index (χ0n) is 74.3. The van der Waals surface area contributed by atoms with Gasteiger partial charge in [-0.05, 0) is 58.2 Å². The van der Waals surface area contributed by atoms with Crippen molar-refractivity contribution in [2.75, 3.05) is 80.4 Å². The van der Waals surface area contributed by atoms with Gasteiger partial charge in [0.1, 0.15) is 33.3 Å². The molecule has 0 aromatic heterocycles. The molecule has 0 bridgehead atoms. The number of methoxy groups -OCH3 is 3. The second-order valence-corrected chi connectivity index (χ2v) is 28.4. The first-order valence-corrected chi connectivity index (χ1v) is 41.3. The first-order chi connectivity index (χ1) is 63.2. The van der Waals surface area contributed by atoms with E-state index < -0.39 is 165 Å². The summed E-state index contributed by atoms with van der Waals surface area (Å²) in [6, 6.07) is 7.34. The fourth-order valence-corrected chi connectivity index (χ4v) is 11.3. The van der Waals surface area contributed by atoms with Crippen molar-refractivity contribution in [2.24, 2.45) is 5.73 Å². The van der Waals surface area contributed by atoms with Gasteiger partial charge in [-0.1, -0.05) is 17.9 Å². The molecule has 3 saturated heterocycles. The van der Waals surface area contributed by atoms with Crippen LogP contribution in [0, 0.1) is 43.2 Å². The summed E-state index contributed by atoms with van der Waals surface area (Å²) in [5.74, 6) is -10.1. The number of aliphatic carboxylic acids is 2. The Kier molecular flexibility index (Phi) is 58.3. The fourth-order valence-electron chi connectivity index (χ4n) is 10.6. The number of carboxylic acid groups (broad SMARTS) is 2. The topological polar surface area (TPSA) is 839 Å². The molecule has 738 valence electrons. The molecule has 4 unspecified atom stereocenters. The van der Waals surface area contributed by atoms with Crippen molar-refractivity contribution in [1.29, 1.82) is 0 Å². The molecule has 8 N–H and O–H groups in total. The normalized spacial score (nSPS) is 14.5. The quantitative estimate of drug-likeness (QED) is 0.00412. The van der Waals surface area contributed by atoms with E-state index in [9.17, 15) is 135 Å². The van der Waals surface area contributed by atoms with Crippen LogP contribution in [0.3, 0.4) is 0 Å². The fraction of sp³-hybridized carbons (Fsp3) is 0.397. The van der Waals surface area contributed by atoms with Crippen LogP contribution < -0.4 is 133 Å². The number of carbonyl (C=O) groups is 18. The number of aliphatic hydroxyl groups excluding tert-OH is 2. The Morgan fingerprint density at radius 2 is 0.790 bits per heavy atom. The Labute approximate surface area is 847 Å². The number of nitrogens with two attached hydrogens (primary N) is 1. The molecule has 138 heavy (non-hydrogen) atoms. The SMILES string of the molecule is CC(=O)O.COc1cc(C(C)O)c([N+](=O)[O-])cc1OCCCC(=O)NCCN1C(=O)C=CC1=O.COc1cc(C(C)O)c([N+](=O)[O-])cc1OCCCC(=O)O.COc1cc(C(C)OC(=O)ON2C(=O)[CH-]CC2=O)c([N+](=O)[O-])cc1OCCCC(=O)NCCN1C(=O)C=CC1=O.NCCN1C(=O)C=CC1=O.O=C(ON1C(=O)[CH-]CC1=O)ON1C(=O)CC(S(=O)(=O)[O-])C1=O.O=S(=O)=O.O=S(=O)=O.[Na+].[Na+].[Na+]. The van der Waals surface area contributed by atoms with Crippen molar-refractivity contribution in [3.05, 3.63) is 133 Å². The summed E-state index contributed by atoms with van der Waals surface area (Å²) in [5.41, 5.74) is 4.26. The number of aliphatic hydroxyl groups is 2. The van der Waals surface area contributed by atoms with E-state index in [0.29, 0.717) is 19.5 Å². The number of imide groups is 6. The summed E-state index contributed by atoms with van der Waals surface area (Å²) in [6.45, 7) is 6.36. The molecule has 3 aromatic carbocycles. The molecule has 6 heterocycles. The zero-order valence-corrected chi connectivity index (χ0v) is 82.7. The van der Waals surface area contributed by atoms with Crippen LogP contribution in [0.2, 0.25) is 0 Å². The van der Waals surface area contributed by atoms with E-state index in [1.807, 2.05) is 0 Å². The van der Waals surface area contributed by atoms with Crippen LogP contribution in [-0.2, 0) is 127 Å². The van der Waals surface area contributed by atoms with Crippen molar-refractivity contribution < 1.29 is 296 Å². The number of nitro benzene ring substituents is 3. The number of nitro groups is 3. The van der Waals surface area contributed by atoms with Gasteiger partial charge < -0.3 is 84.1 Å². The third-order valence-electron chi connectivity index (χ3n) is 16.6. The average molecular weight is 2050 g/mol. The van der Waals surface area contributed by atoms with E-state index in [0.717, 1.165) is 52.7 Å². The van der Waals surface area contributed by atoms with Gasteiger partial charge >= 0.3 is 128 Å². The summed E-state index contributed by atoms with van der Waals surface area (Å²) in [4.78, 5) is 250. The Balaban J connectivity index is 0. The van der Waals surface area contributed by atoms with E-state index in [1.54, 1.807) is 0 Å². The maximum absolute atomic E-state index is 12.1. The number of hydrogen-bond donors (Lipinski definition) is 7. The molecule has 4 atom stereocenters. The van der Waals surface area contributed by atoms with Crippen LogP contribution in [-0.4, -0.2) is 296 Å². The van der Waals surface area contributed by atoms with Crippen molar-refractivity contribution in [2.45, 2.75) is 109 Å². The number of hydroxylamine groups is 6. The first-order valence-electron chi connectivity index (χ1n) is 37.8. The van der Waals surface area contributed by atoms with Crippen LogP contribution in [0.5, 0.6) is 34.5 Å². The number of benzene rings is 3. The van der Waals surface area contributed by atoms with E-state index >= 15 is 0 Å². The second kappa shape index (κ2) is 63.3. The summed E-state index contributed by atoms with van der Waals surface area (Å²) in [7, 11) is -7.30. The Morgan fingerprint density at radius 1 is 0.493 bits per heavy atom. The van der Waals surface area contributed by atoms with Gasteiger partial charge in [-0.2, -0.15) is 4.79 Å². The molecular formula is C73H83N12Na3O47S3. The summed E-state index contributed by atoms with van der Waals surface area (Å²) < 4.78 is 120. The molecule has 59 nitrogen and oxygen atoms in total. The minimum atomic E-state index is -5.11. The molecule has 65 heteroatoms. The first kappa shape index (κ1) is 127. The maximum atomic E-state index is 12.1. The molecule has 6 aliphatic heterocycles. The molecule has 9 rings (SSSR count). The molecule has 14 amide bonds. The van der Waals surface area contributed by atoms with E-state index in [1.165, 1.54) is 96.7 Å². The third-order valence-corrected chi connectivity index (χ3v) is 17.6. The molecule has 3 fully saturated rings. The van der Waals surface area contributed by atoms with Gasteiger partial charge in [-0.25, -0.2) is 13.2 Å². The van der Waals surface area contributed by atoms with Crippen molar-refractivity contribution in [3.8, 4) is 34.5 Å². The Morgan fingerprint density at radius 3 is 1.07 bits per heavy atom. The predicted octanol–water partition coefficient (Wildman–Crippen LogP) is -10.8. The molecule has 3 aromatic rings. The standard InChI is InChI=1S/C24H25N4O12.C19H23N3O8.C13H17NO7.C9H7N2O10S.C6H8N2O2.C2H4O2.3Na.2O3S/c1-14(39-24(34)40-27-22(32)7-8-23(27)33)15-12-17(37-2)18(13-16(15)28(35)36)38-11-3-4-19(29)25-9-10-26-20(30)5-6-21(26)31;1-12(23)13-10-15(29-2)16(11-14(13)22(27)28)30-9-3-4-17(24)20-7-8-21-18(25)5-6-19(21)26;1-8(15)9-6-11(20-2)12(7-10(9)14(18)19)21-5-3-4-13(16)17;12-5-1-2-6(13)10(5)20-9(16)21-11-7(14)3-4(8(11)15)22(17,18)19;7-3-4-8-5(9)1-2-6(8)10;1-2(3)4;;;;2*1-4(2)3/h5-7,12-14H,3-4,8-11H2,1-2H3,(H,25,29);5-6,10-12,23H,3-4,7-9H2,1-2H3,(H,20,24);6-8,15H,3-5H2,1-2H3,(H,16,17);1,4H,2-3H2,(H,17,18,19);1-2H,3-4,7H2;1H3,(H,3,4);;;;;/q-1;;;-1;;;3*+1;;/p-1. The predicted molar refractivity (Wildman–Crippen MR) is 432 cm³/mol. The number of amides is 14. The van der Waals surface area contributed by atoms with Gasteiger partial charge in [-0.15, -0.1) is 35.4 Å². The van der Waals surface area contributed by atoms with E-state index in [4.69, 9.17) is 79.2 Å². The molecule has 0 spiro atoms. The number of nitrogens with zero attached hydrogens (tertiary/aromatic N) is 9. The van der Waals surface area contributed by atoms with Gasteiger partial charge in [0, 0.05) is 102 Å². The van der Waals surface area contributed by atoms with Gasteiger partial charge in [0.25, 0.3) is 70.3 Å². The van der Waals surface area contributed by atoms with Crippen LogP contribution in [0.25, 0.3) is 0 Å². The number of carboxylic acids is 2. The van der Waals surface area contributed by atoms with Crippen molar-refractivity contribution in [1.82, 2.24) is 40.5 Å². The van der Waals surface area contributed by atoms with E-state index in [2.05, 4.69) is 25.1 Å². The minimum absolute atomic E-state index is 0. The monoisotopic (exact) mass is 2040 g/mol. The van der Waals surface area contributed by atoms with Gasteiger partial charge in [-0.3, -0.25) is 140 Å². The minimum Gasteiger partial charge on any atom is -0.747 e. The smallest absolute Gasteiger partial charge is 0.747 e. The van der Waals surface area contributed by atoms with Gasteiger partial charge in [0.05, 0.1) is 109 Å². The van der Waals surface area contributed by atoms with Crippen LogP contribution in [0.4, 0.5) is 26.7 Å². The number of hydrogen-bond acceptors (Lipinski definition) is 46. The summed E-state index contributed by atoms with van der Waals surface area (Å²) in [6.07, 6.45) is 1.87.